The average Bonchev–Trinajstić information content (AvgIpc) is 2.66. The van der Waals surface area contributed by atoms with Crippen molar-refractivity contribution < 1.29 is 23.9 Å². The fraction of sp³-hybridized carbons (Fsp3) is 0.286. The van der Waals surface area contributed by atoms with Crippen LogP contribution in [-0.2, 0) is 20.8 Å². The molecule has 2 aromatic carbocycles. The van der Waals surface area contributed by atoms with Crippen LogP contribution < -0.4 is 10.6 Å². The summed E-state index contributed by atoms with van der Waals surface area (Å²) in [4.78, 5) is 35.4. The first-order valence-electron chi connectivity index (χ1n) is 8.86. The molecule has 1 atom stereocenters. The van der Waals surface area contributed by atoms with Crippen LogP contribution in [0.25, 0.3) is 0 Å². The third-order valence-corrected chi connectivity index (χ3v) is 4.28. The number of aliphatic carboxylic acids is 1. The molecule has 0 radical (unpaired) electrons. The van der Waals surface area contributed by atoms with E-state index < -0.39 is 23.7 Å². The fourth-order valence-corrected chi connectivity index (χ4v) is 2.63. The molecule has 6 nitrogen and oxygen atoms in total. The number of nitrogens with one attached hydrogen (secondary N) is 2. The summed E-state index contributed by atoms with van der Waals surface area (Å²) in [5.41, 5.74) is 2.69. The summed E-state index contributed by atoms with van der Waals surface area (Å²) < 4.78 is 13.4. The molecule has 3 N–H and O–H groups in total. The Labute approximate surface area is 162 Å². The van der Waals surface area contributed by atoms with Crippen LogP contribution in [-0.4, -0.2) is 29.4 Å². The van der Waals surface area contributed by atoms with Crippen molar-refractivity contribution in [2.75, 3.05) is 6.54 Å². The van der Waals surface area contributed by atoms with Crippen molar-refractivity contribution in [3.05, 3.63) is 70.5 Å². The molecule has 1 unspecified atom stereocenters. The molecule has 0 fully saturated rings. The maximum Gasteiger partial charge on any atom is 0.330 e. The third-order valence-electron chi connectivity index (χ3n) is 4.28. The smallest absolute Gasteiger partial charge is 0.330 e. The zero-order valence-electron chi connectivity index (χ0n) is 15.8. The van der Waals surface area contributed by atoms with Gasteiger partial charge in [-0.05, 0) is 43.0 Å². The minimum absolute atomic E-state index is 0.218. The van der Waals surface area contributed by atoms with Gasteiger partial charge in [0, 0.05) is 6.42 Å². The fourth-order valence-electron chi connectivity index (χ4n) is 2.63. The van der Waals surface area contributed by atoms with E-state index >= 15 is 0 Å². The average molecular weight is 386 g/mol. The van der Waals surface area contributed by atoms with Gasteiger partial charge in [0.05, 0.1) is 6.54 Å². The van der Waals surface area contributed by atoms with Crippen molar-refractivity contribution in [3.8, 4) is 0 Å². The van der Waals surface area contributed by atoms with E-state index in [1.807, 2.05) is 31.2 Å². The first kappa shape index (κ1) is 21.1. The molecule has 0 bridgehead atoms. The van der Waals surface area contributed by atoms with Gasteiger partial charge in [0.2, 0.25) is 11.8 Å². The molecule has 2 amide bonds. The Morgan fingerprint density at radius 1 is 1.04 bits per heavy atom. The first-order valence-corrected chi connectivity index (χ1v) is 8.86. The Kier molecular flexibility index (Phi) is 7.26. The largest absolute Gasteiger partial charge is 0.479 e. The minimum Gasteiger partial charge on any atom is -0.479 e. The lowest BCUT2D eigenvalue weighted by Crippen LogP contribution is -2.41. The van der Waals surface area contributed by atoms with Crippen molar-refractivity contribution in [1.29, 1.82) is 0 Å². The molecule has 0 aliphatic rings. The van der Waals surface area contributed by atoms with E-state index in [-0.39, 0.29) is 30.0 Å². The quantitative estimate of drug-likeness (QED) is 0.649. The third kappa shape index (κ3) is 6.19. The lowest BCUT2D eigenvalue weighted by atomic mass is 10.0. The van der Waals surface area contributed by atoms with Crippen molar-refractivity contribution in [3.63, 3.8) is 0 Å². The molecule has 2 aromatic rings. The first-order chi connectivity index (χ1) is 13.3. The second-order valence-corrected chi connectivity index (χ2v) is 6.61. The van der Waals surface area contributed by atoms with Crippen molar-refractivity contribution in [1.82, 2.24) is 10.6 Å². The standard InChI is InChI=1S/C21H23FN2O4/c1-13-3-5-15(6-4-13)7-10-18(25)23-12-19(26)24-20(21(27)28)16-8-9-17(22)14(2)11-16/h3-6,8-9,11,20H,7,10,12H2,1-2H3,(H,23,25)(H,24,26)(H,27,28). The van der Waals surface area contributed by atoms with Crippen LogP contribution in [0.1, 0.15) is 34.7 Å². The zero-order valence-corrected chi connectivity index (χ0v) is 15.8. The molecule has 0 aromatic heterocycles. The number of carboxylic acids is 1. The van der Waals surface area contributed by atoms with Crippen molar-refractivity contribution in [2.45, 2.75) is 32.7 Å². The molecule has 148 valence electrons. The number of amides is 2. The summed E-state index contributed by atoms with van der Waals surface area (Å²) in [5.74, 6) is -2.68. The van der Waals surface area contributed by atoms with Crippen molar-refractivity contribution in [2.24, 2.45) is 0 Å². The predicted octanol–water partition coefficient (Wildman–Crippen LogP) is 2.43. The number of aryl methyl sites for hydroxylation is 3. The van der Waals surface area contributed by atoms with Gasteiger partial charge >= 0.3 is 5.97 Å². The van der Waals surface area contributed by atoms with Gasteiger partial charge < -0.3 is 15.7 Å². The van der Waals surface area contributed by atoms with Crippen LogP contribution in [0.3, 0.4) is 0 Å². The Morgan fingerprint density at radius 3 is 2.32 bits per heavy atom. The van der Waals surface area contributed by atoms with Gasteiger partial charge in [0.15, 0.2) is 6.04 Å². The van der Waals surface area contributed by atoms with E-state index in [4.69, 9.17) is 0 Å². The second-order valence-electron chi connectivity index (χ2n) is 6.61. The van der Waals surface area contributed by atoms with Gasteiger partial charge in [0.1, 0.15) is 5.82 Å². The number of carbonyl (C=O) groups excluding carboxylic acids is 2. The lowest BCUT2D eigenvalue weighted by Gasteiger charge is -2.16. The number of hydrogen-bond acceptors (Lipinski definition) is 3. The maximum absolute atomic E-state index is 13.4. The highest BCUT2D eigenvalue weighted by Gasteiger charge is 2.22. The van der Waals surface area contributed by atoms with Gasteiger partial charge in [0.25, 0.3) is 0 Å². The van der Waals surface area contributed by atoms with Crippen LogP contribution in [0.5, 0.6) is 0 Å². The van der Waals surface area contributed by atoms with Gasteiger partial charge in [-0.25, -0.2) is 9.18 Å². The number of hydrogen-bond donors (Lipinski definition) is 3. The van der Waals surface area contributed by atoms with E-state index in [1.165, 1.54) is 19.1 Å². The van der Waals surface area contributed by atoms with Crippen LogP contribution >= 0.6 is 0 Å². The van der Waals surface area contributed by atoms with Crippen LogP contribution in [0, 0.1) is 19.7 Å². The maximum atomic E-state index is 13.4. The molecular weight excluding hydrogens is 363 g/mol. The van der Waals surface area contributed by atoms with Crippen molar-refractivity contribution >= 4 is 17.8 Å². The highest BCUT2D eigenvalue weighted by molar-refractivity contribution is 5.88. The Balaban J connectivity index is 1.85. The topological polar surface area (TPSA) is 95.5 Å². The number of rotatable bonds is 8. The molecule has 0 saturated heterocycles. The Morgan fingerprint density at radius 2 is 1.71 bits per heavy atom. The molecule has 2 rings (SSSR count). The summed E-state index contributed by atoms with van der Waals surface area (Å²) in [6.07, 6.45) is 0.760. The summed E-state index contributed by atoms with van der Waals surface area (Å²) in [6, 6.07) is 10.3. The monoisotopic (exact) mass is 386 g/mol. The summed E-state index contributed by atoms with van der Waals surface area (Å²) in [7, 11) is 0. The normalized spacial score (nSPS) is 11.5. The Hall–Kier alpha value is -3.22. The Bertz CT molecular complexity index is 865. The molecule has 7 heteroatoms. The van der Waals surface area contributed by atoms with Gasteiger partial charge in [-0.15, -0.1) is 0 Å². The van der Waals surface area contributed by atoms with Gasteiger partial charge in [-0.1, -0.05) is 42.0 Å². The molecule has 28 heavy (non-hydrogen) atoms. The molecule has 0 saturated carbocycles. The van der Waals surface area contributed by atoms with Crippen LogP contribution in [0.15, 0.2) is 42.5 Å². The van der Waals surface area contributed by atoms with E-state index in [9.17, 15) is 23.9 Å². The zero-order chi connectivity index (χ0) is 20.7. The summed E-state index contributed by atoms with van der Waals surface area (Å²) in [5, 5.41) is 14.2. The van der Waals surface area contributed by atoms with E-state index in [1.54, 1.807) is 0 Å². The predicted molar refractivity (Wildman–Crippen MR) is 102 cm³/mol. The SMILES string of the molecule is Cc1ccc(CCC(=O)NCC(=O)NC(C(=O)O)c2ccc(F)c(C)c2)cc1. The minimum atomic E-state index is -1.32. The van der Waals surface area contributed by atoms with Gasteiger partial charge in [-0.2, -0.15) is 0 Å². The second kappa shape index (κ2) is 9.64. The molecular formula is C21H23FN2O4. The number of benzene rings is 2. The van der Waals surface area contributed by atoms with Gasteiger partial charge in [-0.3, -0.25) is 9.59 Å². The van der Waals surface area contributed by atoms with Crippen LogP contribution in [0.4, 0.5) is 4.39 Å². The van der Waals surface area contributed by atoms with E-state index in [0.29, 0.717) is 6.42 Å². The lowest BCUT2D eigenvalue weighted by molar-refractivity contribution is -0.141. The number of carboxylic acid groups (broad SMARTS) is 1. The molecule has 0 spiro atoms. The number of carbonyl (C=O) groups is 3. The summed E-state index contributed by atoms with van der Waals surface area (Å²) >= 11 is 0. The molecule has 0 aliphatic heterocycles. The van der Waals surface area contributed by atoms with E-state index in [2.05, 4.69) is 10.6 Å². The number of halogens is 1. The summed E-state index contributed by atoms with van der Waals surface area (Å²) in [6.45, 7) is 3.15. The van der Waals surface area contributed by atoms with Crippen LogP contribution in [0.2, 0.25) is 0 Å². The molecule has 0 heterocycles. The highest BCUT2D eigenvalue weighted by Crippen LogP contribution is 2.17. The highest BCUT2D eigenvalue weighted by atomic mass is 19.1. The molecule has 0 aliphatic carbocycles. The van der Waals surface area contributed by atoms with E-state index in [0.717, 1.165) is 17.2 Å².